The fourth-order valence-corrected chi connectivity index (χ4v) is 2.39. The van der Waals surface area contributed by atoms with Crippen LogP contribution in [0.1, 0.15) is 38.5 Å². The number of hydrogen-bond donors (Lipinski definition) is 2. The maximum atomic E-state index is 12.0. The van der Waals surface area contributed by atoms with Gasteiger partial charge in [-0.15, -0.1) is 0 Å². The Bertz CT molecular complexity index is 315. The van der Waals surface area contributed by atoms with Crippen LogP contribution in [0.15, 0.2) is 0 Å². The molecule has 2 amide bonds. The zero-order valence-corrected chi connectivity index (χ0v) is 13.3. The molecule has 1 heterocycles. The minimum absolute atomic E-state index is 0.0499. The van der Waals surface area contributed by atoms with E-state index in [1.807, 2.05) is 4.90 Å². The van der Waals surface area contributed by atoms with E-state index in [0.717, 1.165) is 58.4 Å². The summed E-state index contributed by atoms with van der Waals surface area (Å²) in [6.45, 7) is 4.63. The highest BCUT2D eigenvalue weighted by atomic mass is 16.2. The van der Waals surface area contributed by atoms with Crippen molar-refractivity contribution in [3.05, 3.63) is 0 Å². The van der Waals surface area contributed by atoms with Gasteiger partial charge in [-0.1, -0.05) is 12.8 Å². The maximum Gasteiger partial charge on any atom is 0.224 e. The molecule has 1 fully saturated rings. The molecular formula is C15H30N4O2. The van der Waals surface area contributed by atoms with E-state index in [2.05, 4.69) is 17.3 Å². The number of carbonyl (C=O) groups excluding carboxylic acids is 2. The van der Waals surface area contributed by atoms with Crippen LogP contribution in [0.5, 0.6) is 0 Å². The third-order valence-electron chi connectivity index (χ3n) is 3.87. The first-order chi connectivity index (χ1) is 10.1. The lowest BCUT2D eigenvalue weighted by molar-refractivity contribution is -0.132. The van der Waals surface area contributed by atoms with Crippen LogP contribution in [0.2, 0.25) is 0 Å². The van der Waals surface area contributed by atoms with Gasteiger partial charge in [0.2, 0.25) is 11.8 Å². The molecule has 1 saturated heterocycles. The van der Waals surface area contributed by atoms with Crippen LogP contribution < -0.4 is 11.1 Å². The summed E-state index contributed by atoms with van der Waals surface area (Å²) in [5.74, 6) is 0.195. The summed E-state index contributed by atoms with van der Waals surface area (Å²) in [6, 6.07) is 0. The quantitative estimate of drug-likeness (QED) is 0.595. The van der Waals surface area contributed by atoms with E-state index in [9.17, 15) is 9.59 Å². The third kappa shape index (κ3) is 8.02. The summed E-state index contributed by atoms with van der Waals surface area (Å²) in [6.07, 6.45) is 5.02. The first kappa shape index (κ1) is 17.9. The van der Waals surface area contributed by atoms with E-state index in [1.54, 1.807) is 0 Å². The van der Waals surface area contributed by atoms with Gasteiger partial charge in [0.1, 0.15) is 0 Å². The zero-order valence-electron chi connectivity index (χ0n) is 13.3. The van der Waals surface area contributed by atoms with Gasteiger partial charge >= 0.3 is 0 Å². The summed E-state index contributed by atoms with van der Waals surface area (Å²) < 4.78 is 0. The highest BCUT2D eigenvalue weighted by Gasteiger charge is 2.18. The lowest BCUT2D eigenvalue weighted by Crippen LogP contribution is -2.47. The first-order valence-electron chi connectivity index (χ1n) is 8.06. The smallest absolute Gasteiger partial charge is 0.224 e. The van der Waals surface area contributed by atoms with Crippen molar-refractivity contribution in [1.82, 2.24) is 15.1 Å². The molecule has 122 valence electrons. The molecule has 0 atom stereocenters. The molecule has 0 saturated carbocycles. The molecule has 6 nitrogen and oxygen atoms in total. The fraction of sp³-hybridized carbons (Fsp3) is 0.867. The average molecular weight is 298 g/mol. The highest BCUT2D eigenvalue weighted by molar-refractivity contribution is 5.79. The van der Waals surface area contributed by atoms with Crippen LogP contribution >= 0.6 is 0 Å². The number of hydrogen-bond acceptors (Lipinski definition) is 4. The van der Waals surface area contributed by atoms with Crippen molar-refractivity contribution in [3.8, 4) is 0 Å². The van der Waals surface area contributed by atoms with E-state index < -0.39 is 0 Å². The Balaban J connectivity index is 2.02. The minimum Gasteiger partial charge on any atom is -0.356 e. The summed E-state index contributed by atoms with van der Waals surface area (Å²) in [5, 5.41) is 2.83. The predicted octanol–water partition coefficient (Wildman–Crippen LogP) is 0.176. The molecule has 0 aliphatic carbocycles. The Hall–Kier alpha value is -1.14. The van der Waals surface area contributed by atoms with Crippen molar-refractivity contribution in [3.63, 3.8) is 0 Å². The molecule has 1 aliphatic rings. The van der Waals surface area contributed by atoms with Crippen LogP contribution in [-0.4, -0.2) is 67.9 Å². The van der Waals surface area contributed by atoms with Gasteiger partial charge in [-0.2, -0.15) is 0 Å². The Labute approximate surface area is 128 Å². The molecule has 21 heavy (non-hydrogen) atoms. The van der Waals surface area contributed by atoms with Gasteiger partial charge in [0.15, 0.2) is 0 Å². The number of nitrogens with two attached hydrogens (primary N) is 1. The molecule has 0 aromatic carbocycles. The van der Waals surface area contributed by atoms with Crippen molar-refractivity contribution in [1.29, 1.82) is 0 Å². The van der Waals surface area contributed by atoms with Gasteiger partial charge in [0.05, 0.1) is 0 Å². The molecule has 0 bridgehead atoms. The van der Waals surface area contributed by atoms with Crippen molar-refractivity contribution in [2.24, 2.45) is 5.73 Å². The number of amides is 2. The Kier molecular flexibility index (Phi) is 9.01. The third-order valence-corrected chi connectivity index (χ3v) is 3.87. The molecule has 0 aromatic heterocycles. The number of unbranched alkanes of at least 4 members (excludes halogenated alkanes) is 3. The number of piperazine rings is 1. The second-order valence-electron chi connectivity index (χ2n) is 5.74. The monoisotopic (exact) mass is 298 g/mol. The van der Waals surface area contributed by atoms with Gasteiger partial charge in [-0.05, 0) is 26.4 Å². The minimum atomic E-state index is 0.0499. The lowest BCUT2D eigenvalue weighted by atomic mass is 10.1. The summed E-state index contributed by atoms with van der Waals surface area (Å²) in [7, 11) is 2.07. The number of likely N-dealkylation sites (N-methyl/N-ethyl adjacent to an activating group) is 1. The van der Waals surface area contributed by atoms with Crippen molar-refractivity contribution in [2.75, 3.05) is 46.3 Å². The van der Waals surface area contributed by atoms with Crippen molar-refractivity contribution >= 4 is 11.8 Å². The molecule has 0 spiro atoms. The predicted molar refractivity (Wildman–Crippen MR) is 83.8 cm³/mol. The Morgan fingerprint density at radius 3 is 2.33 bits per heavy atom. The van der Waals surface area contributed by atoms with Gasteiger partial charge in [0, 0.05) is 45.6 Å². The molecule has 0 unspecified atom stereocenters. The zero-order chi connectivity index (χ0) is 15.5. The van der Waals surface area contributed by atoms with Gasteiger partial charge < -0.3 is 20.9 Å². The van der Waals surface area contributed by atoms with Gasteiger partial charge in [-0.3, -0.25) is 9.59 Å². The van der Waals surface area contributed by atoms with Gasteiger partial charge in [0.25, 0.3) is 0 Å². The largest absolute Gasteiger partial charge is 0.356 e. The van der Waals surface area contributed by atoms with E-state index in [-0.39, 0.29) is 11.8 Å². The number of carbonyl (C=O) groups is 2. The van der Waals surface area contributed by atoms with Crippen LogP contribution in [0.25, 0.3) is 0 Å². The molecular weight excluding hydrogens is 268 g/mol. The van der Waals surface area contributed by atoms with Gasteiger partial charge in [-0.25, -0.2) is 0 Å². The fourth-order valence-electron chi connectivity index (χ4n) is 2.39. The Morgan fingerprint density at radius 2 is 1.67 bits per heavy atom. The Morgan fingerprint density at radius 1 is 1.00 bits per heavy atom. The maximum absolute atomic E-state index is 12.0. The molecule has 0 radical (unpaired) electrons. The van der Waals surface area contributed by atoms with Crippen molar-refractivity contribution < 1.29 is 9.59 Å². The van der Waals surface area contributed by atoms with E-state index in [1.165, 1.54) is 0 Å². The standard InChI is InChI=1S/C15H30N4O2/c1-18-10-12-19(13-11-18)15(21)7-9-17-14(20)6-4-2-3-5-8-16/h2-13,16H2,1H3,(H,17,20). The van der Waals surface area contributed by atoms with Crippen molar-refractivity contribution in [2.45, 2.75) is 38.5 Å². The second-order valence-corrected chi connectivity index (χ2v) is 5.74. The average Bonchev–Trinajstić information content (AvgIpc) is 2.47. The molecule has 0 aromatic rings. The van der Waals surface area contributed by atoms with Crippen LogP contribution in [0.4, 0.5) is 0 Å². The van der Waals surface area contributed by atoms with E-state index in [0.29, 0.717) is 19.4 Å². The summed E-state index contributed by atoms with van der Waals surface area (Å²) in [5.41, 5.74) is 5.42. The topological polar surface area (TPSA) is 78.7 Å². The normalized spacial score (nSPS) is 16.0. The van der Waals surface area contributed by atoms with Crippen LogP contribution in [0, 0.1) is 0 Å². The summed E-state index contributed by atoms with van der Waals surface area (Å²) >= 11 is 0. The first-order valence-corrected chi connectivity index (χ1v) is 8.06. The number of rotatable bonds is 9. The molecule has 1 aliphatic heterocycles. The molecule has 3 N–H and O–H groups in total. The van der Waals surface area contributed by atoms with E-state index >= 15 is 0 Å². The lowest BCUT2D eigenvalue weighted by Gasteiger charge is -2.32. The molecule has 1 rings (SSSR count). The SMILES string of the molecule is CN1CCN(C(=O)CCNC(=O)CCCCCCN)CC1. The highest BCUT2D eigenvalue weighted by Crippen LogP contribution is 2.03. The van der Waals surface area contributed by atoms with Crippen LogP contribution in [0.3, 0.4) is 0 Å². The summed E-state index contributed by atoms with van der Waals surface area (Å²) in [4.78, 5) is 27.7. The van der Waals surface area contributed by atoms with Crippen LogP contribution in [-0.2, 0) is 9.59 Å². The number of nitrogens with one attached hydrogen (secondary N) is 1. The number of nitrogens with zero attached hydrogens (tertiary/aromatic N) is 2. The second kappa shape index (κ2) is 10.6. The van der Waals surface area contributed by atoms with E-state index in [4.69, 9.17) is 5.73 Å². The molecule has 6 heteroatoms.